The van der Waals surface area contributed by atoms with Gasteiger partial charge in [-0.25, -0.2) is 0 Å². The lowest BCUT2D eigenvalue weighted by Gasteiger charge is -2.27. The van der Waals surface area contributed by atoms with Gasteiger partial charge in [0.25, 0.3) is 0 Å². The third-order valence-corrected chi connectivity index (χ3v) is 4.11. The molecule has 21 heavy (non-hydrogen) atoms. The highest BCUT2D eigenvalue weighted by Crippen LogP contribution is 2.37. The van der Waals surface area contributed by atoms with Crippen molar-refractivity contribution < 1.29 is 9.47 Å². The highest BCUT2D eigenvalue weighted by molar-refractivity contribution is 6.31. The Morgan fingerprint density at radius 2 is 1.76 bits per heavy atom. The highest BCUT2D eigenvalue weighted by atomic mass is 35.5. The van der Waals surface area contributed by atoms with Crippen LogP contribution in [0.4, 0.5) is 0 Å². The number of halogens is 1. The first-order valence-electron chi connectivity index (χ1n) is 7.03. The Kier molecular flexibility index (Phi) is 3.79. The fraction of sp³-hybridized carbons (Fsp3) is 0.294. The molecule has 0 saturated heterocycles. The maximum Gasteiger partial charge on any atom is 0.161 e. The predicted molar refractivity (Wildman–Crippen MR) is 84.1 cm³/mol. The predicted octanol–water partition coefficient (Wildman–Crippen LogP) is 3.72. The molecule has 0 bridgehead atoms. The Morgan fingerprint density at radius 1 is 1.05 bits per heavy atom. The summed E-state index contributed by atoms with van der Waals surface area (Å²) in [6, 6.07) is 13.5. The van der Waals surface area contributed by atoms with E-state index in [4.69, 9.17) is 26.8 Å². The molecule has 0 spiro atoms. The van der Waals surface area contributed by atoms with E-state index in [1.54, 1.807) is 0 Å². The average molecular weight is 304 g/mol. The molecule has 1 aliphatic rings. The van der Waals surface area contributed by atoms with Gasteiger partial charge in [-0.15, -0.1) is 0 Å². The lowest BCUT2D eigenvalue weighted by molar-refractivity contribution is 0.297. The van der Waals surface area contributed by atoms with Gasteiger partial charge in [0.2, 0.25) is 0 Å². The fourth-order valence-electron chi connectivity index (χ4n) is 2.52. The van der Waals surface area contributed by atoms with E-state index in [2.05, 4.69) is 0 Å². The first-order chi connectivity index (χ1) is 10.1. The normalized spacial score (nSPS) is 16.9. The summed E-state index contributed by atoms with van der Waals surface area (Å²) in [5, 5.41) is 0.662. The van der Waals surface area contributed by atoms with Gasteiger partial charge < -0.3 is 15.2 Å². The highest BCUT2D eigenvalue weighted by Gasteiger charge is 2.27. The molecule has 3 rings (SSSR count). The summed E-state index contributed by atoms with van der Waals surface area (Å²) >= 11 is 6.29. The Morgan fingerprint density at radius 3 is 2.52 bits per heavy atom. The van der Waals surface area contributed by atoms with Crippen LogP contribution in [0.3, 0.4) is 0 Å². The van der Waals surface area contributed by atoms with Crippen LogP contribution in [0.5, 0.6) is 11.5 Å². The second-order valence-electron chi connectivity index (χ2n) is 5.39. The van der Waals surface area contributed by atoms with Crippen LogP contribution in [-0.2, 0) is 5.54 Å². The minimum atomic E-state index is -0.691. The zero-order valence-corrected chi connectivity index (χ0v) is 12.7. The quantitative estimate of drug-likeness (QED) is 0.919. The van der Waals surface area contributed by atoms with Crippen molar-refractivity contribution in [3.8, 4) is 11.5 Å². The van der Waals surface area contributed by atoms with Gasteiger partial charge in [0.15, 0.2) is 11.5 Å². The molecule has 0 fully saturated rings. The van der Waals surface area contributed by atoms with Crippen molar-refractivity contribution in [1.29, 1.82) is 0 Å². The zero-order valence-electron chi connectivity index (χ0n) is 11.9. The molecule has 110 valence electrons. The van der Waals surface area contributed by atoms with E-state index in [9.17, 15) is 0 Å². The van der Waals surface area contributed by atoms with Gasteiger partial charge >= 0.3 is 0 Å². The zero-order chi connectivity index (χ0) is 14.9. The van der Waals surface area contributed by atoms with Crippen LogP contribution in [0.25, 0.3) is 0 Å². The van der Waals surface area contributed by atoms with Crippen LogP contribution < -0.4 is 15.2 Å². The molecule has 2 aromatic rings. The molecule has 4 heteroatoms. The Hall–Kier alpha value is -1.71. The molecule has 2 aromatic carbocycles. The first-order valence-corrected chi connectivity index (χ1v) is 7.41. The van der Waals surface area contributed by atoms with Gasteiger partial charge in [0, 0.05) is 11.4 Å². The van der Waals surface area contributed by atoms with E-state index in [0.717, 1.165) is 29.0 Å². The molecule has 0 aromatic heterocycles. The number of ether oxygens (including phenoxy) is 2. The molecule has 1 unspecified atom stereocenters. The summed E-state index contributed by atoms with van der Waals surface area (Å²) in [5.74, 6) is 1.51. The van der Waals surface area contributed by atoms with Gasteiger partial charge in [0.05, 0.1) is 18.8 Å². The second-order valence-corrected chi connectivity index (χ2v) is 5.80. The fourth-order valence-corrected chi connectivity index (χ4v) is 2.86. The molecule has 1 heterocycles. The number of benzene rings is 2. The molecule has 0 saturated carbocycles. The van der Waals surface area contributed by atoms with Crippen molar-refractivity contribution in [2.75, 3.05) is 13.2 Å². The average Bonchev–Trinajstić information content (AvgIpc) is 2.72. The van der Waals surface area contributed by atoms with E-state index >= 15 is 0 Å². The third-order valence-electron chi connectivity index (χ3n) is 3.78. The summed E-state index contributed by atoms with van der Waals surface area (Å²) < 4.78 is 11.4. The molecule has 2 N–H and O–H groups in total. The van der Waals surface area contributed by atoms with Crippen LogP contribution in [0.1, 0.15) is 24.5 Å². The molecule has 3 nitrogen and oxygen atoms in total. The van der Waals surface area contributed by atoms with Crippen molar-refractivity contribution in [3.05, 3.63) is 58.6 Å². The van der Waals surface area contributed by atoms with E-state index in [1.807, 2.05) is 49.4 Å². The van der Waals surface area contributed by atoms with E-state index in [0.29, 0.717) is 18.2 Å². The summed E-state index contributed by atoms with van der Waals surface area (Å²) in [6.07, 6.45) is 0.883. The number of fused-ring (bicyclic) bond motifs is 1. The number of hydrogen-bond donors (Lipinski definition) is 1. The van der Waals surface area contributed by atoms with Crippen LogP contribution in [0.15, 0.2) is 42.5 Å². The summed E-state index contributed by atoms with van der Waals surface area (Å²) in [4.78, 5) is 0. The van der Waals surface area contributed by atoms with Crippen LogP contribution >= 0.6 is 11.6 Å². The Labute approximate surface area is 129 Å². The van der Waals surface area contributed by atoms with E-state index < -0.39 is 5.54 Å². The van der Waals surface area contributed by atoms with E-state index in [-0.39, 0.29) is 0 Å². The van der Waals surface area contributed by atoms with Crippen molar-refractivity contribution in [2.45, 2.75) is 18.9 Å². The standard InChI is InChI=1S/C17H18ClNO2/c1-17(19,13-5-2-3-6-14(13)18)12-7-8-15-16(11-12)21-10-4-9-20-15/h2-3,5-8,11H,4,9-10,19H2,1H3. The molecule has 1 atom stereocenters. The third kappa shape index (κ3) is 2.71. The van der Waals surface area contributed by atoms with Crippen molar-refractivity contribution in [2.24, 2.45) is 5.73 Å². The summed E-state index contributed by atoms with van der Waals surface area (Å²) in [5.41, 5.74) is 7.69. The van der Waals surface area contributed by atoms with Gasteiger partial charge in [-0.3, -0.25) is 0 Å². The maximum absolute atomic E-state index is 6.55. The van der Waals surface area contributed by atoms with Gasteiger partial charge in [-0.2, -0.15) is 0 Å². The molecule has 0 aliphatic carbocycles. The topological polar surface area (TPSA) is 44.5 Å². The summed E-state index contributed by atoms with van der Waals surface area (Å²) in [7, 11) is 0. The molecule has 1 aliphatic heterocycles. The SMILES string of the molecule is CC(N)(c1ccc2c(c1)OCCCO2)c1ccccc1Cl. The Bertz CT molecular complexity index is 655. The van der Waals surface area contributed by atoms with Crippen molar-refractivity contribution >= 4 is 11.6 Å². The van der Waals surface area contributed by atoms with Crippen LogP contribution in [0.2, 0.25) is 5.02 Å². The lowest BCUT2D eigenvalue weighted by Crippen LogP contribution is -2.34. The van der Waals surface area contributed by atoms with E-state index in [1.165, 1.54) is 0 Å². The number of hydrogen-bond acceptors (Lipinski definition) is 3. The maximum atomic E-state index is 6.55. The van der Waals surface area contributed by atoms with Gasteiger partial charge in [-0.05, 0) is 36.2 Å². The lowest BCUT2D eigenvalue weighted by atomic mass is 9.85. The smallest absolute Gasteiger partial charge is 0.161 e. The minimum absolute atomic E-state index is 0.657. The first kappa shape index (κ1) is 14.2. The molecule has 0 radical (unpaired) electrons. The van der Waals surface area contributed by atoms with Crippen molar-refractivity contribution in [3.63, 3.8) is 0 Å². The number of rotatable bonds is 2. The number of nitrogens with two attached hydrogens (primary N) is 1. The van der Waals surface area contributed by atoms with Crippen molar-refractivity contribution in [1.82, 2.24) is 0 Å². The van der Waals surface area contributed by atoms with Crippen LogP contribution in [0, 0.1) is 0 Å². The molecular weight excluding hydrogens is 286 g/mol. The second kappa shape index (κ2) is 5.58. The van der Waals surface area contributed by atoms with Crippen LogP contribution in [-0.4, -0.2) is 13.2 Å². The minimum Gasteiger partial charge on any atom is -0.490 e. The largest absolute Gasteiger partial charge is 0.490 e. The molecule has 0 amide bonds. The monoisotopic (exact) mass is 303 g/mol. The van der Waals surface area contributed by atoms with Gasteiger partial charge in [-0.1, -0.05) is 35.9 Å². The Balaban J connectivity index is 2.03. The summed E-state index contributed by atoms with van der Waals surface area (Å²) in [6.45, 7) is 3.29. The van der Waals surface area contributed by atoms with Gasteiger partial charge in [0.1, 0.15) is 0 Å². The molecular formula is C17H18ClNO2.